The van der Waals surface area contributed by atoms with Gasteiger partial charge in [-0.2, -0.15) is 0 Å². The van der Waals surface area contributed by atoms with Crippen molar-refractivity contribution >= 4 is 11.9 Å². The predicted molar refractivity (Wildman–Crippen MR) is 88.3 cm³/mol. The highest BCUT2D eigenvalue weighted by atomic mass is 16.5. The molecule has 0 amide bonds. The summed E-state index contributed by atoms with van der Waals surface area (Å²) >= 11 is 0. The fraction of sp³-hybridized carbons (Fsp3) is 0.222. The van der Waals surface area contributed by atoms with Gasteiger partial charge in [-0.3, -0.25) is 9.78 Å². The van der Waals surface area contributed by atoms with Crippen LogP contribution in [0.3, 0.4) is 0 Å². The summed E-state index contributed by atoms with van der Waals surface area (Å²) in [5.74, 6) is 1.54. The number of pyridine rings is 1. The first-order chi connectivity index (χ1) is 11.2. The van der Waals surface area contributed by atoms with Crippen LogP contribution in [0.1, 0.15) is 22.8 Å². The van der Waals surface area contributed by atoms with E-state index >= 15 is 0 Å². The maximum absolute atomic E-state index is 12.1. The maximum Gasteiger partial charge on any atom is 0.203 e. The van der Waals surface area contributed by atoms with Crippen LogP contribution in [0, 0.1) is 0 Å². The van der Waals surface area contributed by atoms with Crippen molar-refractivity contribution in [2.75, 3.05) is 20.8 Å². The molecule has 23 heavy (non-hydrogen) atoms. The van der Waals surface area contributed by atoms with Gasteiger partial charge in [0.15, 0.2) is 17.3 Å². The van der Waals surface area contributed by atoms with Crippen LogP contribution in [0.4, 0.5) is 0 Å². The second-order valence-corrected chi connectivity index (χ2v) is 4.63. The third kappa shape index (κ3) is 4.10. The van der Waals surface area contributed by atoms with Crippen molar-refractivity contribution in [2.24, 2.45) is 0 Å². The Labute approximate surface area is 135 Å². The number of carbonyl (C=O) groups excluding carboxylic acids is 1. The molecule has 5 heteroatoms. The standard InChI is InChI=1S/C18H19NO4/c1-4-23-18-16(21-2)10-13(11-17(18)22-3)7-8-15(20)14-6-5-9-19-12-14/h5-12H,4H2,1-3H3. The highest BCUT2D eigenvalue weighted by molar-refractivity contribution is 6.06. The van der Waals surface area contributed by atoms with E-state index in [0.717, 1.165) is 5.56 Å². The van der Waals surface area contributed by atoms with Gasteiger partial charge in [0.25, 0.3) is 0 Å². The van der Waals surface area contributed by atoms with Crippen LogP contribution in [0.15, 0.2) is 42.7 Å². The summed E-state index contributed by atoms with van der Waals surface area (Å²) in [6.45, 7) is 2.39. The summed E-state index contributed by atoms with van der Waals surface area (Å²) in [4.78, 5) is 16.0. The van der Waals surface area contributed by atoms with Gasteiger partial charge >= 0.3 is 0 Å². The molecule has 0 aliphatic carbocycles. The van der Waals surface area contributed by atoms with Gasteiger partial charge < -0.3 is 14.2 Å². The number of hydrogen-bond donors (Lipinski definition) is 0. The molecule has 2 aromatic rings. The molecule has 5 nitrogen and oxygen atoms in total. The summed E-state index contributed by atoms with van der Waals surface area (Å²) in [5.41, 5.74) is 1.31. The zero-order valence-corrected chi connectivity index (χ0v) is 13.4. The largest absolute Gasteiger partial charge is 0.493 e. The highest BCUT2D eigenvalue weighted by Crippen LogP contribution is 2.38. The molecule has 0 fully saturated rings. The summed E-state index contributed by atoms with van der Waals surface area (Å²) in [6.07, 6.45) is 6.36. The lowest BCUT2D eigenvalue weighted by atomic mass is 10.1. The van der Waals surface area contributed by atoms with E-state index in [1.165, 1.54) is 12.3 Å². The lowest BCUT2D eigenvalue weighted by Gasteiger charge is -2.14. The Kier molecular flexibility index (Phi) is 5.74. The number of ether oxygens (including phenoxy) is 3. The molecule has 1 heterocycles. The second-order valence-electron chi connectivity index (χ2n) is 4.63. The van der Waals surface area contributed by atoms with Gasteiger partial charge in [0.1, 0.15) is 0 Å². The molecule has 0 radical (unpaired) electrons. The molecule has 1 aromatic heterocycles. The number of carbonyl (C=O) groups is 1. The van der Waals surface area contributed by atoms with E-state index in [-0.39, 0.29) is 5.78 Å². The van der Waals surface area contributed by atoms with Crippen molar-refractivity contribution in [3.63, 3.8) is 0 Å². The Morgan fingerprint density at radius 2 is 1.91 bits per heavy atom. The van der Waals surface area contributed by atoms with E-state index in [4.69, 9.17) is 14.2 Å². The molecule has 0 saturated carbocycles. The molecule has 0 atom stereocenters. The average Bonchev–Trinajstić information content (AvgIpc) is 2.61. The summed E-state index contributed by atoms with van der Waals surface area (Å²) in [7, 11) is 3.12. The quantitative estimate of drug-likeness (QED) is 0.579. The molecule has 2 rings (SSSR count). The third-order valence-corrected chi connectivity index (χ3v) is 3.14. The Balaban J connectivity index is 2.29. The lowest BCUT2D eigenvalue weighted by Crippen LogP contribution is -1.99. The van der Waals surface area contributed by atoms with E-state index in [2.05, 4.69) is 4.98 Å². The number of nitrogens with zero attached hydrogens (tertiary/aromatic N) is 1. The number of aromatic nitrogens is 1. The Morgan fingerprint density at radius 1 is 1.22 bits per heavy atom. The van der Waals surface area contributed by atoms with Crippen LogP contribution in [0.2, 0.25) is 0 Å². The third-order valence-electron chi connectivity index (χ3n) is 3.14. The fourth-order valence-electron chi connectivity index (χ4n) is 2.06. The van der Waals surface area contributed by atoms with Crippen molar-refractivity contribution in [3.8, 4) is 17.2 Å². The molecule has 0 aliphatic heterocycles. The van der Waals surface area contributed by atoms with E-state index in [1.54, 1.807) is 50.8 Å². The molecule has 0 aliphatic rings. The van der Waals surface area contributed by atoms with Gasteiger partial charge in [-0.25, -0.2) is 0 Å². The first kappa shape index (κ1) is 16.5. The van der Waals surface area contributed by atoms with Crippen molar-refractivity contribution < 1.29 is 19.0 Å². The molecule has 0 saturated heterocycles. The van der Waals surface area contributed by atoms with Crippen LogP contribution in [0.25, 0.3) is 6.08 Å². The smallest absolute Gasteiger partial charge is 0.203 e. The van der Waals surface area contributed by atoms with Gasteiger partial charge in [0, 0.05) is 18.0 Å². The molecule has 120 valence electrons. The summed E-state index contributed by atoms with van der Waals surface area (Å²) in [5, 5.41) is 0. The zero-order valence-electron chi connectivity index (χ0n) is 13.4. The Hall–Kier alpha value is -2.82. The monoisotopic (exact) mass is 313 g/mol. The normalized spacial score (nSPS) is 10.6. The first-order valence-corrected chi connectivity index (χ1v) is 7.20. The van der Waals surface area contributed by atoms with Crippen molar-refractivity contribution in [1.82, 2.24) is 4.98 Å². The van der Waals surface area contributed by atoms with Gasteiger partial charge in [0.2, 0.25) is 5.75 Å². The molecule has 0 unspecified atom stereocenters. The van der Waals surface area contributed by atoms with Crippen LogP contribution in [-0.4, -0.2) is 31.6 Å². The average molecular weight is 313 g/mol. The topological polar surface area (TPSA) is 57.7 Å². The number of ketones is 1. The van der Waals surface area contributed by atoms with Gasteiger partial charge in [0.05, 0.1) is 20.8 Å². The van der Waals surface area contributed by atoms with Crippen molar-refractivity contribution in [2.45, 2.75) is 6.92 Å². The minimum atomic E-state index is -0.120. The van der Waals surface area contributed by atoms with Gasteiger partial charge in [-0.1, -0.05) is 6.08 Å². The number of benzene rings is 1. The predicted octanol–water partition coefficient (Wildman–Crippen LogP) is 3.39. The molecular weight excluding hydrogens is 294 g/mol. The minimum Gasteiger partial charge on any atom is -0.493 e. The second kappa shape index (κ2) is 7.98. The molecule has 1 aromatic carbocycles. The lowest BCUT2D eigenvalue weighted by molar-refractivity contribution is 0.104. The summed E-state index contributed by atoms with van der Waals surface area (Å²) < 4.78 is 16.2. The number of allylic oxidation sites excluding steroid dienone is 1. The van der Waals surface area contributed by atoms with Gasteiger partial charge in [-0.05, 0) is 42.8 Å². The number of rotatable bonds is 7. The Morgan fingerprint density at radius 3 is 2.43 bits per heavy atom. The summed E-state index contributed by atoms with van der Waals surface area (Å²) in [6, 6.07) is 7.03. The van der Waals surface area contributed by atoms with E-state index in [0.29, 0.717) is 29.4 Å². The first-order valence-electron chi connectivity index (χ1n) is 7.20. The van der Waals surface area contributed by atoms with E-state index < -0.39 is 0 Å². The maximum atomic E-state index is 12.1. The van der Waals surface area contributed by atoms with Crippen LogP contribution >= 0.6 is 0 Å². The Bertz CT molecular complexity index is 670. The minimum absolute atomic E-state index is 0.120. The fourth-order valence-corrected chi connectivity index (χ4v) is 2.06. The van der Waals surface area contributed by atoms with Crippen LogP contribution in [0.5, 0.6) is 17.2 Å². The van der Waals surface area contributed by atoms with Crippen molar-refractivity contribution in [1.29, 1.82) is 0 Å². The van der Waals surface area contributed by atoms with Crippen LogP contribution < -0.4 is 14.2 Å². The number of methoxy groups -OCH3 is 2. The zero-order chi connectivity index (χ0) is 16.7. The van der Waals surface area contributed by atoms with E-state index in [9.17, 15) is 4.79 Å². The molecule has 0 N–H and O–H groups in total. The molecule has 0 spiro atoms. The molecule has 0 bridgehead atoms. The van der Waals surface area contributed by atoms with Gasteiger partial charge in [-0.15, -0.1) is 0 Å². The molecular formula is C18H19NO4. The SMILES string of the molecule is CCOc1c(OC)cc(C=CC(=O)c2cccnc2)cc1OC. The van der Waals surface area contributed by atoms with Crippen LogP contribution in [-0.2, 0) is 0 Å². The van der Waals surface area contributed by atoms with E-state index in [1.807, 2.05) is 6.92 Å². The highest BCUT2D eigenvalue weighted by Gasteiger charge is 2.13. The van der Waals surface area contributed by atoms with Crippen molar-refractivity contribution in [3.05, 3.63) is 53.9 Å². The number of hydrogen-bond acceptors (Lipinski definition) is 5.